The van der Waals surface area contributed by atoms with E-state index in [0.29, 0.717) is 17.2 Å². The highest BCUT2D eigenvalue weighted by Gasteiger charge is 2.34. The van der Waals surface area contributed by atoms with Gasteiger partial charge in [-0.1, -0.05) is 33.8 Å². The molecule has 0 heterocycles. The van der Waals surface area contributed by atoms with E-state index in [1.807, 2.05) is 6.07 Å². The van der Waals surface area contributed by atoms with Crippen molar-refractivity contribution in [3.05, 3.63) is 39.1 Å². The molecule has 0 aromatic heterocycles. The molecular formula is C20H24BrFO3. The fourth-order valence-corrected chi connectivity index (χ4v) is 4.53. The summed E-state index contributed by atoms with van der Waals surface area (Å²) in [5.74, 6) is -1.98. The summed E-state index contributed by atoms with van der Waals surface area (Å²) in [5, 5.41) is 9.01. The third-order valence-electron chi connectivity index (χ3n) is 4.79. The number of methoxy groups -OCH3 is 1. The molecule has 0 fully saturated rings. The van der Waals surface area contributed by atoms with Crippen LogP contribution in [0.25, 0.3) is 11.1 Å². The van der Waals surface area contributed by atoms with Crippen LogP contribution < -0.4 is 4.74 Å². The van der Waals surface area contributed by atoms with Crippen LogP contribution in [0.5, 0.6) is 5.75 Å². The molecule has 0 saturated carbocycles. The molecule has 136 valence electrons. The van der Waals surface area contributed by atoms with Crippen molar-refractivity contribution in [2.24, 2.45) is 5.92 Å². The van der Waals surface area contributed by atoms with Crippen LogP contribution in [-0.2, 0) is 10.2 Å². The van der Waals surface area contributed by atoms with Crippen LogP contribution in [0.4, 0.5) is 4.39 Å². The molecule has 0 amide bonds. The highest BCUT2D eigenvalue weighted by molar-refractivity contribution is 9.10. The lowest BCUT2D eigenvalue weighted by Gasteiger charge is -2.35. The van der Waals surface area contributed by atoms with Gasteiger partial charge in [-0.2, -0.15) is 4.39 Å². The van der Waals surface area contributed by atoms with Crippen molar-refractivity contribution in [3.63, 3.8) is 0 Å². The normalized spacial score (nSPS) is 16.9. The van der Waals surface area contributed by atoms with Gasteiger partial charge in [-0.15, -0.1) is 0 Å². The number of carboxylic acid groups (broad SMARTS) is 1. The molecule has 0 radical (unpaired) electrons. The molecule has 3 nitrogen and oxygen atoms in total. The number of carbonyl (C=O) groups is 1. The highest BCUT2D eigenvalue weighted by Crippen LogP contribution is 2.50. The molecule has 1 aromatic rings. The van der Waals surface area contributed by atoms with Gasteiger partial charge in [0.2, 0.25) is 5.83 Å². The standard InChI is InChI=1S/C20H24BrFO3/c1-10(2)12-7-8-20(4,5)15-14(12)9-13(18(25-6)16(15)21)11(3)17(22)19(23)24/h7,9-10H,8H2,1-6H3,(H,23,24). The third-order valence-corrected chi connectivity index (χ3v) is 5.55. The molecule has 0 bridgehead atoms. The molecule has 0 atom stereocenters. The number of hydrogen-bond acceptors (Lipinski definition) is 2. The van der Waals surface area contributed by atoms with Crippen LogP contribution in [0.1, 0.15) is 57.7 Å². The van der Waals surface area contributed by atoms with E-state index < -0.39 is 11.8 Å². The Labute approximate surface area is 156 Å². The largest absolute Gasteiger partial charge is 0.495 e. The molecule has 0 unspecified atom stereocenters. The summed E-state index contributed by atoms with van der Waals surface area (Å²) >= 11 is 3.64. The van der Waals surface area contributed by atoms with Crippen LogP contribution in [0.3, 0.4) is 0 Å². The molecule has 2 rings (SSSR count). The van der Waals surface area contributed by atoms with Gasteiger partial charge in [0.1, 0.15) is 5.75 Å². The van der Waals surface area contributed by atoms with Crippen LogP contribution in [0.15, 0.2) is 22.4 Å². The zero-order chi connectivity index (χ0) is 19.1. The summed E-state index contributed by atoms with van der Waals surface area (Å²) in [6.07, 6.45) is 3.12. The number of aliphatic carboxylic acids is 1. The number of hydrogen-bond donors (Lipinski definition) is 1. The average molecular weight is 411 g/mol. The zero-order valence-electron chi connectivity index (χ0n) is 15.5. The van der Waals surface area contributed by atoms with E-state index in [1.54, 1.807) is 0 Å². The molecule has 25 heavy (non-hydrogen) atoms. The minimum Gasteiger partial charge on any atom is -0.495 e. The van der Waals surface area contributed by atoms with E-state index in [4.69, 9.17) is 9.84 Å². The lowest BCUT2D eigenvalue weighted by molar-refractivity contribution is -0.134. The molecule has 1 N–H and O–H groups in total. The van der Waals surface area contributed by atoms with E-state index >= 15 is 0 Å². The maximum Gasteiger partial charge on any atom is 0.365 e. The van der Waals surface area contributed by atoms with Gasteiger partial charge < -0.3 is 9.84 Å². The van der Waals surface area contributed by atoms with E-state index in [-0.39, 0.29) is 11.0 Å². The molecular weight excluding hydrogens is 387 g/mol. The molecule has 0 spiro atoms. The Morgan fingerprint density at radius 2 is 2.00 bits per heavy atom. The van der Waals surface area contributed by atoms with Crippen molar-refractivity contribution in [2.75, 3.05) is 7.11 Å². The first-order valence-electron chi connectivity index (χ1n) is 8.24. The molecule has 1 aromatic carbocycles. The van der Waals surface area contributed by atoms with Crippen molar-refractivity contribution in [1.29, 1.82) is 0 Å². The van der Waals surface area contributed by atoms with Gasteiger partial charge in [0.05, 0.1) is 11.6 Å². The van der Waals surface area contributed by atoms with Crippen molar-refractivity contribution >= 4 is 33.0 Å². The number of ether oxygens (including phenoxy) is 1. The Morgan fingerprint density at radius 1 is 1.40 bits per heavy atom. The number of halogens is 2. The van der Waals surface area contributed by atoms with Gasteiger partial charge in [0, 0.05) is 11.1 Å². The number of allylic oxidation sites excluding steroid dienone is 3. The van der Waals surface area contributed by atoms with Gasteiger partial charge in [-0.05, 0) is 63.4 Å². The lowest BCUT2D eigenvalue weighted by Crippen LogP contribution is -2.24. The number of fused-ring (bicyclic) bond motifs is 1. The minimum absolute atomic E-state index is 0.0549. The summed E-state index contributed by atoms with van der Waals surface area (Å²) in [5.41, 5.74) is 3.72. The lowest BCUT2D eigenvalue weighted by atomic mass is 9.70. The molecule has 0 aliphatic heterocycles. The number of rotatable bonds is 4. The molecule has 1 aliphatic carbocycles. The van der Waals surface area contributed by atoms with Crippen LogP contribution in [0.2, 0.25) is 0 Å². The maximum absolute atomic E-state index is 14.1. The van der Waals surface area contributed by atoms with Gasteiger partial charge in [-0.25, -0.2) is 4.79 Å². The fourth-order valence-electron chi connectivity index (χ4n) is 3.40. The van der Waals surface area contributed by atoms with Gasteiger partial charge in [0.25, 0.3) is 0 Å². The zero-order valence-corrected chi connectivity index (χ0v) is 17.0. The van der Waals surface area contributed by atoms with Gasteiger partial charge in [0.15, 0.2) is 0 Å². The number of carboxylic acids is 1. The van der Waals surface area contributed by atoms with Crippen molar-refractivity contribution in [2.45, 2.75) is 46.5 Å². The third kappa shape index (κ3) is 3.39. The monoisotopic (exact) mass is 410 g/mol. The second-order valence-corrected chi connectivity index (χ2v) is 8.13. The van der Waals surface area contributed by atoms with E-state index in [1.165, 1.54) is 19.6 Å². The summed E-state index contributed by atoms with van der Waals surface area (Å²) in [4.78, 5) is 11.1. The summed E-state index contributed by atoms with van der Waals surface area (Å²) in [7, 11) is 1.51. The Balaban J connectivity index is 2.90. The van der Waals surface area contributed by atoms with Crippen LogP contribution >= 0.6 is 15.9 Å². The minimum atomic E-state index is -1.58. The topological polar surface area (TPSA) is 46.5 Å². The Kier molecular flexibility index (Phi) is 5.47. The second kappa shape index (κ2) is 6.94. The maximum atomic E-state index is 14.1. The fraction of sp³-hybridized carbons (Fsp3) is 0.450. The molecule has 0 saturated heterocycles. The van der Waals surface area contributed by atoms with Gasteiger partial charge in [-0.3, -0.25) is 0 Å². The first-order chi connectivity index (χ1) is 11.5. The van der Waals surface area contributed by atoms with E-state index in [0.717, 1.165) is 22.0 Å². The molecule has 1 aliphatic rings. The van der Waals surface area contributed by atoms with Crippen molar-refractivity contribution < 1.29 is 19.0 Å². The van der Waals surface area contributed by atoms with Crippen molar-refractivity contribution in [1.82, 2.24) is 0 Å². The van der Waals surface area contributed by atoms with Gasteiger partial charge >= 0.3 is 5.97 Å². The Morgan fingerprint density at radius 3 is 2.48 bits per heavy atom. The summed E-state index contributed by atoms with van der Waals surface area (Å²) in [6.45, 7) is 10.0. The van der Waals surface area contributed by atoms with Crippen LogP contribution in [-0.4, -0.2) is 18.2 Å². The highest BCUT2D eigenvalue weighted by atomic mass is 79.9. The van der Waals surface area contributed by atoms with Crippen LogP contribution in [0, 0.1) is 5.92 Å². The predicted octanol–water partition coefficient (Wildman–Crippen LogP) is 5.96. The van der Waals surface area contributed by atoms with E-state index in [9.17, 15) is 9.18 Å². The quantitative estimate of drug-likeness (QED) is 0.622. The number of benzene rings is 1. The summed E-state index contributed by atoms with van der Waals surface area (Å²) < 4.78 is 20.4. The average Bonchev–Trinajstić information content (AvgIpc) is 2.51. The Bertz CT molecular complexity index is 789. The SMILES string of the molecule is COc1c(C(C)=C(F)C(=O)O)cc2c(c1Br)C(C)(C)CC=C2C(C)C. The Hall–Kier alpha value is -1.62. The molecule has 5 heteroatoms. The van der Waals surface area contributed by atoms with Crippen molar-refractivity contribution in [3.8, 4) is 5.75 Å². The first kappa shape index (κ1) is 19.7. The van der Waals surface area contributed by atoms with E-state index in [2.05, 4.69) is 49.7 Å². The first-order valence-corrected chi connectivity index (χ1v) is 9.03. The summed E-state index contributed by atoms with van der Waals surface area (Å²) in [6, 6.07) is 1.86. The second-order valence-electron chi connectivity index (χ2n) is 7.34. The smallest absolute Gasteiger partial charge is 0.365 e. The predicted molar refractivity (Wildman–Crippen MR) is 102 cm³/mol.